The van der Waals surface area contributed by atoms with Gasteiger partial charge in [0.1, 0.15) is 6.33 Å². The fourth-order valence-corrected chi connectivity index (χ4v) is 2.43. The number of methoxy groups -OCH3 is 1. The summed E-state index contributed by atoms with van der Waals surface area (Å²) < 4.78 is 10.0. The van der Waals surface area contributed by atoms with Crippen molar-refractivity contribution in [3.63, 3.8) is 0 Å². The average Bonchev–Trinajstić information content (AvgIpc) is 3.16. The van der Waals surface area contributed by atoms with Crippen LogP contribution in [-0.2, 0) is 11.3 Å². The number of carbonyl (C=O) groups is 1. The van der Waals surface area contributed by atoms with Crippen LogP contribution in [0.15, 0.2) is 47.4 Å². The standard InChI is InChI=1S/C18H19N5O3/c1-12(15-8-9-19-11-20-15)23(2)10-16-21-17(22-26-16)13-4-6-14(7-5-13)18(24)25-3/h4-9,11-12H,10H2,1-3H3/t12-/m0/s1. The number of nitrogens with zero attached hydrogens (tertiary/aromatic N) is 5. The molecule has 1 atom stereocenters. The summed E-state index contributed by atoms with van der Waals surface area (Å²) in [4.78, 5) is 26.2. The van der Waals surface area contributed by atoms with Crippen molar-refractivity contribution in [3.05, 3.63) is 60.0 Å². The van der Waals surface area contributed by atoms with E-state index in [2.05, 4.69) is 29.7 Å². The third-order valence-corrected chi connectivity index (χ3v) is 4.11. The molecule has 0 aliphatic heterocycles. The SMILES string of the molecule is COC(=O)c1ccc(-c2noc(CN(C)[C@@H](C)c3ccncn3)n2)cc1. The molecule has 2 heterocycles. The lowest BCUT2D eigenvalue weighted by molar-refractivity contribution is 0.0601. The number of rotatable bonds is 6. The highest BCUT2D eigenvalue weighted by Crippen LogP contribution is 2.20. The van der Waals surface area contributed by atoms with Crippen molar-refractivity contribution in [1.29, 1.82) is 0 Å². The molecule has 8 nitrogen and oxygen atoms in total. The molecule has 8 heteroatoms. The molecule has 3 rings (SSSR count). The molecule has 134 valence electrons. The Kier molecular flexibility index (Phi) is 5.33. The van der Waals surface area contributed by atoms with Crippen LogP contribution < -0.4 is 0 Å². The Morgan fingerprint density at radius 1 is 1.27 bits per heavy atom. The predicted molar refractivity (Wildman–Crippen MR) is 93.0 cm³/mol. The summed E-state index contributed by atoms with van der Waals surface area (Å²) in [6.45, 7) is 2.53. The number of esters is 1. The molecule has 1 aromatic carbocycles. The van der Waals surface area contributed by atoms with Gasteiger partial charge >= 0.3 is 5.97 Å². The molecule has 0 aliphatic rings. The summed E-state index contributed by atoms with van der Waals surface area (Å²) in [6, 6.07) is 8.81. The van der Waals surface area contributed by atoms with Gasteiger partial charge in [-0.1, -0.05) is 17.3 Å². The molecule has 0 unspecified atom stereocenters. The van der Waals surface area contributed by atoms with Gasteiger partial charge in [-0.05, 0) is 32.2 Å². The first kappa shape index (κ1) is 17.7. The van der Waals surface area contributed by atoms with E-state index in [9.17, 15) is 4.79 Å². The fourth-order valence-electron chi connectivity index (χ4n) is 2.43. The maximum Gasteiger partial charge on any atom is 0.337 e. The van der Waals surface area contributed by atoms with Gasteiger partial charge in [0.15, 0.2) is 0 Å². The highest BCUT2D eigenvalue weighted by Gasteiger charge is 2.17. The summed E-state index contributed by atoms with van der Waals surface area (Å²) in [7, 11) is 3.31. The second kappa shape index (κ2) is 7.83. The minimum Gasteiger partial charge on any atom is -0.465 e. The molecule has 2 aromatic heterocycles. The quantitative estimate of drug-likeness (QED) is 0.624. The van der Waals surface area contributed by atoms with Gasteiger partial charge in [-0.15, -0.1) is 0 Å². The molecule has 0 saturated heterocycles. The van der Waals surface area contributed by atoms with Gasteiger partial charge in [-0.3, -0.25) is 4.90 Å². The van der Waals surface area contributed by atoms with Crippen LogP contribution >= 0.6 is 0 Å². The number of ether oxygens (including phenoxy) is 1. The van der Waals surface area contributed by atoms with Gasteiger partial charge in [0.2, 0.25) is 11.7 Å². The molecule has 0 fully saturated rings. The summed E-state index contributed by atoms with van der Waals surface area (Å²) in [6.07, 6.45) is 3.25. The normalized spacial score (nSPS) is 12.2. The average molecular weight is 353 g/mol. The Labute approximate surface area is 150 Å². The van der Waals surface area contributed by atoms with Gasteiger partial charge in [0.05, 0.1) is 24.9 Å². The van der Waals surface area contributed by atoms with Crippen molar-refractivity contribution in [2.45, 2.75) is 19.5 Å². The van der Waals surface area contributed by atoms with Crippen LogP contribution in [0, 0.1) is 0 Å². The highest BCUT2D eigenvalue weighted by molar-refractivity contribution is 5.89. The van der Waals surface area contributed by atoms with Gasteiger partial charge in [-0.25, -0.2) is 14.8 Å². The minimum absolute atomic E-state index is 0.0766. The van der Waals surface area contributed by atoms with Crippen LogP contribution in [0.25, 0.3) is 11.4 Å². The zero-order chi connectivity index (χ0) is 18.5. The molecular weight excluding hydrogens is 334 g/mol. The Balaban J connectivity index is 1.69. The molecule has 0 aliphatic carbocycles. The van der Waals surface area contributed by atoms with Gasteiger partial charge in [0, 0.05) is 17.8 Å². The maximum absolute atomic E-state index is 11.5. The van der Waals surface area contributed by atoms with E-state index in [0.717, 1.165) is 11.3 Å². The third kappa shape index (κ3) is 3.92. The first-order valence-electron chi connectivity index (χ1n) is 8.06. The van der Waals surface area contributed by atoms with E-state index in [1.165, 1.54) is 13.4 Å². The van der Waals surface area contributed by atoms with Crippen LogP contribution in [0.1, 0.15) is 34.9 Å². The lowest BCUT2D eigenvalue weighted by atomic mass is 10.1. The number of hydrogen-bond acceptors (Lipinski definition) is 8. The molecule has 0 N–H and O–H groups in total. The van der Waals surface area contributed by atoms with Crippen molar-refractivity contribution >= 4 is 5.97 Å². The van der Waals surface area contributed by atoms with Crippen molar-refractivity contribution < 1.29 is 14.1 Å². The van der Waals surface area contributed by atoms with Gasteiger partial charge < -0.3 is 9.26 Å². The van der Waals surface area contributed by atoms with E-state index in [1.54, 1.807) is 30.5 Å². The molecule has 26 heavy (non-hydrogen) atoms. The molecule has 0 radical (unpaired) electrons. The number of carbonyl (C=O) groups excluding carboxylic acids is 1. The summed E-state index contributed by atoms with van der Waals surface area (Å²) in [5, 5.41) is 4.01. The highest BCUT2D eigenvalue weighted by atomic mass is 16.5. The van der Waals surface area contributed by atoms with Crippen LogP contribution in [0.5, 0.6) is 0 Å². The first-order valence-corrected chi connectivity index (χ1v) is 8.06. The van der Waals surface area contributed by atoms with Crippen LogP contribution in [0.3, 0.4) is 0 Å². The lowest BCUT2D eigenvalue weighted by Gasteiger charge is -2.22. The third-order valence-electron chi connectivity index (χ3n) is 4.11. The predicted octanol–water partition coefficient (Wildman–Crippen LogP) is 2.51. The maximum atomic E-state index is 11.5. The number of benzene rings is 1. The Morgan fingerprint density at radius 3 is 2.69 bits per heavy atom. The Hall–Kier alpha value is -3.13. The minimum atomic E-state index is -0.384. The number of hydrogen-bond donors (Lipinski definition) is 0. The fraction of sp³-hybridized carbons (Fsp3) is 0.278. The summed E-state index contributed by atoms with van der Waals surface area (Å²) in [5.74, 6) is 0.589. The zero-order valence-corrected chi connectivity index (χ0v) is 14.8. The van der Waals surface area contributed by atoms with E-state index in [1.807, 2.05) is 20.0 Å². The first-order chi connectivity index (χ1) is 12.6. The van der Waals surface area contributed by atoms with E-state index in [0.29, 0.717) is 23.8 Å². The van der Waals surface area contributed by atoms with Crippen molar-refractivity contribution in [2.24, 2.45) is 0 Å². The van der Waals surface area contributed by atoms with Crippen molar-refractivity contribution in [2.75, 3.05) is 14.2 Å². The largest absolute Gasteiger partial charge is 0.465 e. The molecule has 0 saturated carbocycles. The molecule has 0 spiro atoms. The van der Waals surface area contributed by atoms with E-state index >= 15 is 0 Å². The smallest absolute Gasteiger partial charge is 0.337 e. The number of aromatic nitrogens is 4. The van der Waals surface area contributed by atoms with Crippen molar-refractivity contribution in [1.82, 2.24) is 25.0 Å². The monoisotopic (exact) mass is 353 g/mol. The topological polar surface area (TPSA) is 94.2 Å². The summed E-state index contributed by atoms with van der Waals surface area (Å²) >= 11 is 0. The van der Waals surface area contributed by atoms with Gasteiger partial charge in [0.25, 0.3) is 0 Å². The summed E-state index contributed by atoms with van der Waals surface area (Å²) in [5.41, 5.74) is 2.15. The Morgan fingerprint density at radius 2 is 2.04 bits per heavy atom. The van der Waals surface area contributed by atoms with Crippen LogP contribution in [-0.4, -0.2) is 45.1 Å². The van der Waals surface area contributed by atoms with E-state index in [-0.39, 0.29) is 12.0 Å². The van der Waals surface area contributed by atoms with Gasteiger partial charge in [-0.2, -0.15) is 4.98 Å². The molecule has 3 aromatic rings. The van der Waals surface area contributed by atoms with E-state index < -0.39 is 0 Å². The van der Waals surface area contributed by atoms with E-state index in [4.69, 9.17) is 4.52 Å². The lowest BCUT2D eigenvalue weighted by Crippen LogP contribution is -2.22. The van der Waals surface area contributed by atoms with Crippen LogP contribution in [0.4, 0.5) is 0 Å². The zero-order valence-electron chi connectivity index (χ0n) is 14.8. The van der Waals surface area contributed by atoms with Crippen LogP contribution in [0.2, 0.25) is 0 Å². The molecule has 0 bridgehead atoms. The molecule has 0 amide bonds. The second-order valence-electron chi connectivity index (χ2n) is 5.81. The second-order valence-corrected chi connectivity index (χ2v) is 5.81. The van der Waals surface area contributed by atoms with Crippen molar-refractivity contribution in [3.8, 4) is 11.4 Å². The molecular formula is C18H19N5O3. The Bertz CT molecular complexity index is 864.